The van der Waals surface area contributed by atoms with Crippen molar-refractivity contribution in [3.8, 4) is 0 Å². The zero-order chi connectivity index (χ0) is 19.6. The van der Waals surface area contributed by atoms with E-state index in [1.807, 2.05) is 36.6 Å². The highest BCUT2D eigenvalue weighted by Gasteiger charge is 2.34. The van der Waals surface area contributed by atoms with E-state index < -0.39 is 18.1 Å². The minimum atomic E-state index is -0.679. The lowest BCUT2D eigenvalue weighted by Gasteiger charge is -2.28. The molecular weight excluding hydrogens is 344 g/mol. The summed E-state index contributed by atoms with van der Waals surface area (Å²) in [5.74, 6) is -0.459. The Balaban J connectivity index is 2.05. The number of benzene rings is 1. The summed E-state index contributed by atoms with van der Waals surface area (Å²) in [5, 5.41) is 5.88. The van der Waals surface area contributed by atoms with Gasteiger partial charge in [0.05, 0.1) is 12.1 Å². The van der Waals surface area contributed by atoms with Gasteiger partial charge in [0.1, 0.15) is 6.04 Å². The van der Waals surface area contributed by atoms with E-state index in [-0.39, 0.29) is 11.8 Å². The molecule has 7 nitrogen and oxygen atoms in total. The zero-order valence-electron chi connectivity index (χ0n) is 15.8. The van der Waals surface area contributed by atoms with Crippen molar-refractivity contribution in [2.45, 2.75) is 50.2 Å². The quantitative estimate of drug-likeness (QED) is 0.541. The predicted molar refractivity (Wildman–Crippen MR) is 104 cm³/mol. The van der Waals surface area contributed by atoms with E-state index >= 15 is 0 Å². The number of carbonyl (C=O) groups excluding carboxylic acids is 3. The lowest BCUT2D eigenvalue weighted by Crippen LogP contribution is -2.54. The van der Waals surface area contributed by atoms with Crippen LogP contribution in [0.25, 0.3) is 0 Å². The van der Waals surface area contributed by atoms with Crippen LogP contribution in [0.5, 0.6) is 0 Å². The standard InChI is InChI=1S/C20H29N4O3/c1-22-18(13-15-7-3-2-4-8-15)19(26)23-17(10-5-11-21)20(27)24-12-6-9-16(24)14-25/h2-4,7-8,16-18,22H,5-6,9-13,21H2,1H3,(H,23,26)/t16-,17-,18-/m0/s1. The Labute approximate surface area is 160 Å². The fourth-order valence-corrected chi connectivity index (χ4v) is 3.38. The van der Waals surface area contributed by atoms with Crippen LogP contribution in [-0.4, -0.2) is 61.3 Å². The van der Waals surface area contributed by atoms with Crippen LogP contribution >= 0.6 is 0 Å². The summed E-state index contributed by atoms with van der Waals surface area (Å²) >= 11 is 0. The molecule has 1 radical (unpaired) electrons. The summed E-state index contributed by atoms with van der Waals surface area (Å²) in [6.45, 7) is 0.954. The average molecular weight is 373 g/mol. The molecule has 1 aromatic rings. The van der Waals surface area contributed by atoms with E-state index in [4.69, 9.17) is 5.73 Å². The van der Waals surface area contributed by atoms with E-state index in [1.165, 1.54) is 4.90 Å². The Morgan fingerprint density at radius 1 is 1.30 bits per heavy atom. The summed E-state index contributed by atoms with van der Waals surface area (Å²) in [6, 6.07) is 8.06. The van der Waals surface area contributed by atoms with Crippen LogP contribution < -0.4 is 16.4 Å². The first kappa shape index (κ1) is 21.1. The van der Waals surface area contributed by atoms with Crippen molar-refractivity contribution in [3.63, 3.8) is 0 Å². The molecule has 1 aromatic carbocycles. The molecule has 1 saturated heterocycles. The summed E-state index contributed by atoms with van der Waals surface area (Å²) in [6.07, 6.45) is 4.92. The van der Waals surface area contributed by atoms with Crippen molar-refractivity contribution in [1.29, 1.82) is 0 Å². The van der Waals surface area contributed by atoms with Crippen molar-refractivity contribution in [1.82, 2.24) is 15.5 Å². The fraction of sp³-hybridized carbons (Fsp3) is 0.550. The van der Waals surface area contributed by atoms with Gasteiger partial charge in [0.2, 0.25) is 18.1 Å². The number of rotatable bonds is 10. The van der Waals surface area contributed by atoms with Crippen molar-refractivity contribution in [3.05, 3.63) is 35.9 Å². The van der Waals surface area contributed by atoms with E-state index in [1.54, 1.807) is 7.05 Å². The topological polar surface area (TPSA) is 105 Å². The first-order valence-electron chi connectivity index (χ1n) is 9.50. The third-order valence-corrected chi connectivity index (χ3v) is 4.93. The number of likely N-dealkylation sites (N-methyl/N-ethyl adjacent to an activating group) is 1. The van der Waals surface area contributed by atoms with Gasteiger partial charge in [0, 0.05) is 6.54 Å². The molecule has 147 valence electrons. The van der Waals surface area contributed by atoms with Gasteiger partial charge in [0.15, 0.2) is 0 Å². The van der Waals surface area contributed by atoms with Gasteiger partial charge in [-0.25, -0.2) is 0 Å². The third kappa shape index (κ3) is 5.87. The second-order valence-corrected chi connectivity index (χ2v) is 6.83. The van der Waals surface area contributed by atoms with Gasteiger partial charge in [0.25, 0.3) is 0 Å². The van der Waals surface area contributed by atoms with Crippen molar-refractivity contribution < 1.29 is 14.4 Å². The zero-order valence-corrected chi connectivity index (χ0v) is 15.8. The minimum absolute atomic E-state index is 0.225. The maximum absolute atomic E-state index is 12.9. The van der Waals surface area contributed by atoms with Gasteiger partial charge in [-0.05, 0) is 51.3 Å². The molecule has 0 saturated carbocycles. The Morgan fingerprint density at radius 3 is 2.67 bits per heavy atom. The molecule has 7 heteroatoms. The molecule has 27 heavy (non-hydrogen) atoms. The van der Waals surface area contributed by atoms with Crippen LogP contribution in [-0.2, 0) is 20.8 Å². The molecule has 0 spiro atoms. The van der Waals surface area contributed by atoms with Crippen LogP contribution in [0.3, 0.4) is 0 Å². The summed E-state index contributed by atoms with van der Waals surface area (Å²) in [7, 11) is 1.72. The normalized spacial score (nSPS) is 18.7. The lowest BCUT2D eigenvalue weighted by atomic mass is 10.0. The lowest BCUT2D eigenvalue weighted by molar-refractivity contribution is -0.137. The Bertz CT molecular complexity index is 623. The highest BCUT2D eigenvalue weighted by atomic mass is 16.2. The van der Waals surface area contributed by atoms with Gasteiger partial charge >= 0.3 is 0 Å². The molecule has 2 amide bonds. The van der Waals surface area contributed by atoms with Crippen LogP contribution in [0.4, 0.5) is 0 Å². The molecule has 3 atom stereocenters. The Hall–Kier alpha value is -2.25. The molecule has 2 rings (SSSR count). The van der Waals surface area contributed by atoms with E-state index in [0.717, 1.165) is 12.0 Å². The number of carbonyl (C=O) groups is 2. The summed E-state index contributed by atoms with van der Waals surface area (Å²) in [4.78, 5) is 38.3. The van der Waals surface area contributed by atoms with Gasteiger partial charge in [-0.2, -0.15) is 0 Å². The van der Waals surface area contributed by atoms with Crippen LogP contribution in [0.15, 0.2) is 30.3 Å². The first-order chi connectivity index (χ1) is 13.1. The summed E-state index contributed by atoms with van der Waals surface area (Å²) in [5.41, 5.74) is 6.62. The van der Waals surface area contributed by atoms with Gasteiger partial charge in [-0.1, -0.05) is 30.3 Å². The number of likely N-dealkylation sites (tertiary alicyclic amines) is 1. The molecule has 0 aromatic heterocycles. The molecule has 4 N–H and O–H groups in total. The molecule has 0 aliphatic carbocycles. The summed E-state index contributed by atoms with van der Waals surface area (Å²) < 4.78 is 0. The number of hydrogen-bond acceptors (Lipinski definition) is 5. The number of amides is 2. The Morgan fingerprint density at radius 2 is 2.04 bits per heavy atom. The van der Waals surface area contributed by atoms with E-state index in [2.05, 4.69) is 10.6 Å². The van der Waals surface area contributed by atoms with Crippen molar-refractivity contribution in [2.75, 3.05) is 20.1 Å². The average Bonchev–Trinajstić information content (AvgIpc) is 3.18. The first-order valence-corrected chi connectivity index (χ1v) is 9.50. The van der Waals surface area contributed by atoms with Crippen molar-refractivity contribution >= 4 is 18.1 Å². The maximum Gasteiger partial charge on any atom is 0.245 e. The smallest absolute Gasteiger partial charge is 0.245 e. The third-order valence-electron chi connectivity index (χ3n) is 4.93. The van der Waals surface area contributed by atoms with E-state index in [9.17, 15) is 14.4 Å². The highest BCUT2D eigenvalue weighted by Crippen LogP contribution is 2.18. The van der Waals surface area contributed by atoms with Crippen LogP contribution in [0.2, 0.25) is 0 Å². The predicted octanol–water partition coefficient (Wildman–Crippen LogP) is 0.142. The second kappa shape index (κ2) is 10.8. The van der Waals surface area contributed by atoms with Gasteiger partial charge in [-0.15, -0.1) is 0 Å². The van der Waals surface area contributed by atoms with Gasteiger partial charge in [-0.3, -0.25) is 14.4 Å². The van der Waals surface area contributed by atoms with E-state index in [0.29, 0.717) is 38.8 Å². The van der Waals surface area contributed by atoms with Crippen LogP contribution in [0.1, 0.15) is 31.2 Å². The molecule has 1 heterocycles. The fourth-order valence-electron chi connectivity index (χ4n) is 3.38. The second-order valence-electron chi connectivity index (χ2n) is 6.83. The molecule has 0 unspecified atom stereocenters. The van der Waals surface area contributed by atoms with Crippen molar-refractivity contribution in [2.24, 2.45) is 5.73 Å². The highest BCUT2D eigenvalue weighted by molar-refractivity contribution is 5.91. The molecule has 1 aliphatic heterocycles. The monoisotopic (exact) mass is 373 g/mol. The largest absolute Gasteiger partial charge is 0.343 e. The number of hydrogen-bond donors (Lipinski definition) is 3. The van der Waals surface area contributed by atoms with Gasteiger partial charge < -0.3 is 21.3 Å². The van der Waals surface area contributed by atoms with Crippen LogP contribution in [0, 0.1) is 0 Å². The molecular formula is C20H29N4O3. The number of nitrogens with one attached hydrogen (secondary N) is 2. The number of nitrogens with two attached hydrogens (primary N) is 1. The Kier molecular flexibility index (Phi) is 8.42. The molecule has 1 fully saturated rings. The maximum atomic E-state index is 12.9. The number of nitrogens with zero attached hydrogens (tertiary/aromatic N) is 1. The minimum Gasteiger partial charge on any atom is -0.343 e. The SMILES string of the molecule is CN[C@@H](Cc1ccccc1)C(=O)N[C@@H](CCCN)C(=O)N1CCC[C@H]1[C]=O. The molecule has 1 aliphatic rings. The molecule has 0 bridgehead atoms.